The van der Waals surface area contributed by atoms with Crippen molar-refractivity contribution < 1.29 is 9.53 Å². The Morgan fingerprint density at radius 1 is 1.52 bits per heavy atom. The number of pyridine rings is 1. The predicted molar refractivity (Wildman–Crippen MR) is 83.6 cm³/mol. The average Bonchev–Trinajstić information content (AvgIpc) is 2.52. The van der Waals surface area contributed by atoms with Crippen LogP contribution in [0.25, 0.3) is 0 Å². The standard InChI is InChI=1S/C16H25N3O2/c1-13-7-3-4-11-19(13)12-6-10-18-15-14(16(20)21-2)8-5-9-17-15/h5,8-9,13H,3-4,6-7,10-12H2,1-2H3,(H,17,18). The van der Waals surface area contributed by atoms with E-state index in [1.165, 1.54) is 32.9 Å². The number of likely N-dealkylation sites (tertiary alicyclic amines) is 1. The highest BCUT2D eigenvalue weighted by atomic mass is 16.5. The van der Waals surface area contributed by atoms with Gasteiger partial charge in [0.2, 0.25) is 0 Å². The van der Waals surface area contributed by atoms with Gasteiger partial charge in [-0.2, -0.15) is 0 Å². The van der Waals surface area contributed by atoms with Crippen LogP contribution < -0.4 is 5.32 Å². The smallest absolute Gasteiger partial charge is 0.341 e. The van der Waals surface area contributed by atoms with E-state index < -0.39 is 0 Å². The molecule has 116 valence electrons. The first kappa shape index (κ1) is 15.8. The molecule has 1 aliphatic rings. The molecular weight excluding hydrogens is 266 g/mol. The van der Waals surface area contributed by atoms with E-state index in [0.29, 0.717) is 17.4 Å². The first-order chi connectivity index (χ1) is 10.2. The zero-order valence-electron chi connectivity index (χ0n) is 13.0. The molecule has 0 aromatic carbocycles. The van der Waals surface area contributed by atoms with E-state index >= 15 is 0 Å². The molecule has 1 fully saturated rings. The first-order valence-electron chi connectivity index (χ1n) is 7.73. The van der Waals surface area contributed by atoms with E-state index in [0.717, 1.165) is 19.5 Å². The molecule has 5 nitrogen and oxygen atoms in total. The highest BCUT2D eigenvalue weighted by molar-refractivity contribution is 5.94. The highest BCUT2D eigenvalue weighted by Gasteiger charge is 2.17. The Morgan fingerprint density at radius 3 is 3.14 bits per heavy atom. The number of methoxy groups -OCH3 is 1. The van der Waals surface area contributed by atoms with E-state index in [4.69, 9.17) is 4.74 Å². The second-order valence-corrected chi connectivity index (χ2v) is 5.55. The molecule has 0 radical (unpaired) electrons. The monoisotopic (exact) mass is 291 g/mol. The largest absolute Gasteiger partial charge is 0.465 e. The minimum Gasteiger partial charge on any atom is -0.465 e. The fourth-order valence-corrected chi connectivity index (χ4v) is 2.80. The van der Waals surface area contributed by atoms with Gasteiger partial charge in [0.15, 0.2) is 0 Å². The van der Waals surface area contributed by atoms with Crippen molar-refractivity contribution in [3.63, 3.8) is 0 Å². The number of hydrogen-bond donors (Lipinski definition) is 1. The summed E-state index contributed by atoms with van der Waals surface area (Å²) in [4.78, 5) is 18.4. The molecule has 2 heterocycles. The van der Waals surface area contributed by atoms with Gasteiger partial charge in [0.05, 0.1) is 7.11 Å². The van der Waals surface area contributed by atoms with Crippen LogP contribution in [0.2, 0.25) is 0 Å². The molecule has 0 amide bonds. The number of piperidine rings is 1. The van der Waals surface area contributed by atoms with Gasteiger partial charge in [-0.25, -0.2) is 9.78 Å². The van der Waals surface area contributed by atoms with Crippen molar-refractivity contribution in [1.29, 1.82) is 0 Å². The van der Waals surface area contributed by atoms with E-state index in [1.54, 1.807) is 18.3 Å². The van der Waals surface area contributed by atoms with Gasteiger partial charge in [0.25, 0.3) is 0 Å². The van der Waals surface area contributed by atoms with Crippen molar-refractivity contribution in [2.24, 2.45) is 0 Å². The minimum atomic E-state index is -0.352. The van der Waals surface area contributed by atoms with Crippen LogP contribution in [-0.2, 0) is 4.74 Å². The number of nitrogens with one attached hydrogen (secondary N) is 1. The Bertz CT molecular complexity index is 465. The normalized spacial score (nSPS) is 19.2. The van der Waals surface area contributed by atoms with Crippen LogP contribution in [-0.4, -0.2) is 48.6 Å². The Kier molecular flexibility index (Phi) is 5.99. The maximum absolute atomic E-state index is 11.6. The predicted octanol–water partition coefficient (Wildman–Crippen LogP) is 2.54. The van der Waals surface area contributed by atoms with Crippen LogP contribution in [0.4, 0.5) is 5.82 Å². The molecule has 1 unspecified atom stereocenters. The molecule has 5 heteroatoms. The molecule has 0 spiro atoms. The Balaban J connectivity index is 1.79. The number of carbonyl (C=O) groups excluding carboxylic acids is 1. The summed E-state index contributed by atoms with van der Waals surface area (Å²) in [5.74, 6) is 0.256. The number of esters is 1. The third-order valence-corrected chi connectivity index (χ3v) is 4.07. The topological polar surface area (TPSA) is 54.5 Å². The van der Waals surface area contributed by atoms with Gasteiger partial charge in [-0.1, -0.05) is 6.42 Å². The van der Waals surface area contributed by atoms with E-state index in [-0.39, 0.29) is 5.97 Å². The van der Waals surface area contributed by atoms with Gasteiger partial charge in [-0.3, -0.25) is 0 Å². The van der Waals surface area contributed by atoms with Crippen LogP contribution in [0.1, 0.15) is 43.0 Å². The van der Waals surface area contributed by atoms with Crippen LogP contribution in [0.5, 0.6) is 0 Å². The highest BCUT2D eigenvalue weighted by Crippen LogP contribution is 2.17. The molecule has 0 bridgehead atoms. The molecule has 21 heavy (non-hydrogen) atoms. The Morgan fingerprint density at radius 2 is 2.38 bits per heavy atom. The third kappa shape index (κ3) is 4.43. The van der Waals surface area contributed by atoms with Crippen LogP contribution in [0.3, 0.4) is 0 Å². The van der Waals surface area contributed by atoms with Crippen molar-refractivity contribution in [3.8, 4) is 0 Å². The number of rotatable bonds is 6. The van der Waals surface area contributed by atoms with Crippen LogP contribution in [0.15, 0.2) is 18.3 Å². The van der Waals surface area contributed by atoms with E-state index in [2.05, 4.69) is 22.1 Å². The third-order valence-electron chi connectivity index (χ3n) is 4.07. The lowest BCUT2D eigenvalue weighted by molar-refractivity contribution is 0.0601. The Labute approximate surface area is 126 Å². The quantitative estimate of drug-likeness (QED) is 0.645. The number of carbonyl (C=O) groups is 1. The molecule has 1 aromatic rings. The maximum atomic E-state index is 11.6. The van der Waals surface area contributed by atoms with E-state index in [1.807, 2.05) is 0 Å². The van der Waals surface area contributed by atoms with Crippen LogP contribution >= 0.6 is 0 Å². The fourth-order valence-electron chi connectivity index (χ4n) is 2.80. The number of anilines is 1. The molecule has 1 aliphatic heterocycles. The van der Waals surface area contributed by atoms with E-state index in [9.17, 15) is 4.79 Å². The summed E-state index contributed by atoms with van der Waals surface area (Å²) in [6.45, 7) is 5.41. The molecule has 1 aromatic heterocycles. The lowest BCUT2D eigenvalue weighted by atomic mass is 10.0. The Hall–Kier alpha value is -1.62. The summed E-state index contributed by atoms with van der Waals surface area (Å²) in [6, 6.07) is 4.17. The number of ether oxygens (including phenoxy) is 1. The average molecular weight is 291 g/mol. The summed E-state index contributed by atoms with van der Waals surface area (Å²) in [6.07, 6.45) is 6.69. The summed E-state index contributed by atoms with van der Waals surface area (Å²) < 4.78 is 4.77. The summed E-state index contributed by atoms with van der Waals surface area (Å²) in [5.41, 5.74) is 0.492. The van der Waals surface area contributed by atoms with Gasteiger partial charge in [-0.15, -0.1) is 0 Å². The minimum absolute atomic E-state index is 0.352. The number of hydrogen-bond acceptors (Lipinski definition) is 5. The lowest BCUT2D eigenvalue weighted by Crippen LogP contribution is -2.38. The zero-order valence-corrected chi connectivity index (χ0v) is 13.0. The molecule has 1 saturated heterocycles. The van der Waals surface area contributed by atoms with Crippen molar-refractivity contribution >= 4 is 11.8 Å². The molecule has 1 N–H and O–H groups in total. The second-order valence-electron chi connectivity index (χ2n) is 5.55. The fraction of sp³-hybridized carbons (Fsp3) is 0.625. The van der Waals surface area contributed by atoms with Crippen molar-refractivity contribution in [2.45, 2.75) is 38.6 Å². The van der Waals surface area contributed by atoms with Gasteiger partial charge >= 0.3 is 5.97 Å². The number of aromatic nitrogens is 1. The van der Waals surface area contributed by atoms with Gasteiger partial charge in [-0.05, 0) is 44.9 Å². The zero-order chi connectivity index (χ0) is 15.1. The molecule has 1 atom stereocenters. The summed E-state index contributed by atoms with van der Waals surface area (Å²) >= 11 is 0. The summed E-state index contributed by atoms with van der Waals surface area (Å²) in [5, 5.41) is 3.24. The molecule has 0 saturated carbocycles. The van der Waals surface area contributed by atoms with Crippen LogP contribution in [0, 0.1) is 0 Å². The maximum Gasteiger partial charge on any atom is 0.341 e. The first-order valence-corrected chi connectivity index (χ1v) is 7.73. The van der Waals surface area contributed by atoms with Crippen molar-refractivity contribution in [1.82, 2.24) is 9.88 Å². The van der Waals surface area contributed by atoms with Gasteiger partial charge in [0, 0.05) is 25.3 Å². The summed E-state index contributed by atoms with van der Waals surface area (Å²) in [7, 11) is 1.39. The second kappa shape index (κ2) is 7.98. The number of nitrogens with zero attached hydrogens (tertiary/aromatic N) is 2. The SMILES string of the molecule is COC(=O)c1cccnc1NCCCN1CCCCC1C. The molecule has 0 aliphatic carbocycles. The molecule has 2 rings (SSSR count). The van der Waals surface area contributed by atoms with Crippen molar-refractivity contribution in [2.75, 3.05) is 32.1 Å². The molecular formula is C16H25N3O2. The van der Waals surface area contributed by atoms with Crippen molar-refractivity contribution in [3.05, 3.63) is 23.9 Å². The lowest BCUT2D eigenvalue weighted by Gasteiger charge is -2.33. The van der Waals surface area contributed by atoms with Gasteiger partial charge < -0.3 is 15.0 Å². The van der Waals surface area contributed by atoms with Gasteiger partial charge in [0.1, 0.15) is 11.4 Å².